The summed E-state index contributed by atoms with van der Waals surface area (Å²) >= 11 is 0. The van der Waals surface area contributed by atoms with Gasteiger partial charge in [-0.2, -0.15) is 0 Å². The maximum atomic E-state index is 14.6. The van der Waals surface area contributed by atoms with Gasteiger partial charge in [0.15, 0.2) is 0 Å². The van der Waals surface area contributed by atoms with E-state index in [1.165, 1.54) is 0 Å². The van der Waals surface area contributed by atoms with Crippen LogP contribution >= 0.6 is 0 Å². The van der Waals surface area contributed by atoms with Gasteiger partial charge in [-0.3, -0.25) is 0 Å². The molecule has 19 heavy (non-hydrogen) atoms. The summed E-state index contributed by atoms with van der Waals surface area (Å²) in [6.45, 7) is 2.21. The number of halogens is 3. The summed E-state index contributed by atoms with van der Waals surface area (Å²) in [7, 11) is 0. The lowest BCUT2D eigenvalue weighted by molar-refractivity contribution is -0.128. The van der Waals surface area contributed by atoms with Crippen molar-refractivity contribution in [2.45, 2.75) is 70.4 Å². The molecule has 110 valence electrons. The van der Waals surface area contributed by atoms with Gasteiger partial charge in [-0.15, -0.1) is 0 Å². The molecule has 0 bridgehead atoms. The second-order valence-corrected chi connectivity index (χ2v) is 7.27. The highest BCUT2D eigenvalue weighted by atomic mass is 19.3. The van der Waals surface area contributed by atoms with Crippen LogP contribution in [-0.4, -0.2) is 12.1 Å². The Morgan fingerprint density at radius 2 is 1.58 bits per heavy atom. The summed E-state index contributed by atoms with van der Waals surface area (Å²) in [6, 6.07) is 0. The van der Waals surface area contributed by atoms with Crippen molar-refractivity contribution in [1.82, 2.24) is 0 Å². The van der Waals surface area contributed by atoms with Crippen molar-refractivity contribution in [1.29, 1.82) is 0 Å². The van der Waals surface area contributed by atoms with Crippen LogP contribution in [0.5, 0.6) is 0 Å². The largest absolute Gasteiger partial charge is 0.256 e. The zero-order valence-electron chi connectivity index (χ0n) is 11.8. The van der Waals surface area contributed by atoms with Gasteiger partial charge in [0.1, 0.15) is 6.17 Å². The Morgan fingerprint density at radius 3 is 2.21 bits per heavy atom. The molecule has 4 atom stereocenters. The molecule has 3 aliphatic rings. The van der Waals surface area contributed by atoms with Crippen LogP contribution in [0.4, 0.5) is 13.2 Å². The van der Waals surface area contributed by atoms with E-state index in [2.05, 4.69) is 6.92 Å². The Bertz CT molecular complexity index is 320. The summed E-state index contributed by atoms with van der Waals surface area (Å²) in [5.74, 6) is -3.48. The van der Waals surface area contributed by atoms with Gasteiger partial charge in [0.25, 0.3) is 5.92 Å². The van der Waals surface area contributed by atoms with Gasteiger partial charge in [0.05, 0.1) is 5.92 Å². The summed E-state index contributed by atoms with van der Waals surface area (Å²) in [4.78, 5) is 0. The number of rotatable bonds is 1. The average Bonchev–Trinajstić information content (AvgIpc) is 2.63. The van der Waals surface area contributed by atoms with Gasteiger partial charge >= 0.3 is 0 Å². The highest BCUT2D eigenvalue weighted by molar-refractivity contribution is 5.04. The first-order chi connectivity index (χ1) is 9.00. The van der Waals surface area contributed by atoms with E-state index >= 15 is 0 Å². The molecule has 4 unspecified atom stereocenters. The highest BCUT2D eigenvalue weighted by Gasteiger charge is 2.62. The highest BCUT2D eigenvalue weighted by Crippen LogP contribution is 2.58. The molecule has 0 saturated heterocycles. The van der Waals surface area contributed by atoms with E-state index in [1.807, 2.05) is 0 Å². The van der Waals surface area contributed by atoms with Crippen LogP contribution in [-0.2, 0) is 0 Å². The van der Waals surface area contributed by atoms with Gasteiger partial charge in [0.2, 0.25) is 0 Å². The number of hydrogen-bond donors (Lipinski definition) is 0. The summed E-state index contributed by atoms with van der Waals surface area (Å²) < 4.78 is 43.2. The zero-order chi connectivity index (χ0) is 13.6. The third-order valence-corrected chi connectivity index (χ3v) is 6.08. The summed E-state index contributed by atoms with van der Waals surface area (Å²) in [5, 5.41) is 0. The second-order valence-electron chi connectivity index (χ2n) is 7.27. The van der Waals surface area contributed by atoms with Crippen LogP contribution in [0.2, 0.25) is 0 Å². The van der Waals surface area contributed by atoms with E-state index in [9.17, 15) is 13.2 Å². The first-order valence-corrected chi connectivity index (χ1v) is 8.02. The Kier molecular flexibility index (Phi) is 3.59. The topological polar surface area (TPSA) is 0 Å². The molecule has 3 heteroatoms. The van der Waals surface area contributed by atoms with Crippen molar-refractivity contribution >= 4 is 0 Å². The van der Waals surface area contributed by atoms with Crippen molar-refractivity contribution in [2.75, 3.05) is 0 Å². The molecule has 0 amide bonds. The zero-order valence-corrected chi connectivity index (χ0v) is 11.8. The second kappa shape index (κ2) is 4.96. The molecular formula is C16H25F3. The molecule has 3 aliphatic carbocycles. The lowest BCUT2D eigenvalue weighted by Gasteiger charge is -2.36. The third-order valence-electron chi connectivity index (χ3n) is 6.08. The Hall–Kier alpha value is -0.210. The van der Waals surface area contributed by atoms with Crippen molar-refractivity contribution < 1.29 is 13.2 Å². The fourth-order valence-electron chi connectivity index (χ4n) is 4.97. The Labute approximate surface area is 114 Å². The van der Waals surface area contributed by atoms with Gasteiger partial charge in [-0.25, -0.2) is 13.2 Å². The minimum Gasteiger partial charge on any atom is -0.247 e. The lowest BCUT2D eigenvalue weighted by Crippen LogP contribution is -2.41. The molecule has 0 spiro atoms. The SMILES string of the molecule is CC1CCC(C2CC3CCCC(F)C3C2(F)F)CC1. The van der Waals surface area contributed by atoms with E-state index in [1.54, 1.807) is 0 Å². The molecule has 0 aromatic heterocycles. The van der Waals surface area contributed by atoms with E-state index in [4.69, 9.17) is 0 Å². The van der Waals surface area contributed by atoms with Gasteiger partial charge in [0, 0.05) is 5.92 Å². The Balaban J connectivity index is 1.76. The van der Waals surface area contributed by atoms with Gasteiger partial charge in [-0.05, 0) is 49.9 Å². The van der Waals surface area contributed by atoms with E-state index < -0.39 is 23.9 Å². The minimum absolute atomic E-state index is 0.0527. The maximum Gasteiger partial charge on any atom is 0.256 e. The molecule has 0 aromatic carbocycles. The number of fused-ring (bicyclic) bond motifs is 1. The van der Waals surface area contributed by atoms with Gasteiger partial charge in [-0.1, -0.05) is 26.2 Å². The van der Waals surface area contributed by atoms with Crippen molar-refractivity contribution in [3.05, 3.63) is 0 Å². The maximum absolute atomic E-state index is 14.6. The molecular weight excluding hydrogens is 249 g/mol. The first kappa shape index (κ1) is 13.8. The van der Waals surface area contributed by atoms with Crippen LogP contribution < -0.4 is 0 Å². The molecule has 0 N–H and O–H groups in total. The molecule has 3 saturated carbocycles. The van der Waals surface area contributed by atoms with Crippen LogP contribution in [0.15, 0.2) is 0 Å². The molecule has 0 heterocycles. The fourth-order valence-corrected chi connectivity index (χ4v) is 4.97. The summed E-state index contributed by atoms with van der Waals surface area (Å²) in [6.07, 6.45) is 5.30. The smallest absolute Gasteiger partial charge is 0.247 e. The quantitative estimate of drug-likeness (QED) is 0.614. The average molecular weight is 274 g/mol. The number of hydrogen-bond acceptors (Lipinski definition) is 0. The molecule has 0 nitrogen and oxygen atoms in total. The molecule has 0 aromatic rings. The molecule has 0 aliphatic heterocycles. The molecule has 3 fully saturated rings. The van der Waals surface area contributed by atoms with E-state index in [-0.39, 0.29) is 11.8 Å². The van der Waals surface area contributed by atoms with Gasteiger partial charge < -0.3 is 0 Å². The minimum atomic E-state index is -2.75. The summed E-state index contributed by atoms with van der Waals surface area (Å²) in [5.41, 5.74) is 0. The van der Waals surface area contributed by atoms with E-state index in [0.717, 1.165) is 38.5 Å². The lowest BCUT2D eigenvalue weighted by atomic mass is 9.74. The Morgan fingerprint density at radius 1 is 0.895 bits per heavy atom. The standard InChI is InChI=1S/C16H25F3/c1-10-5-7-11(8-6-10)13-9-12-3-2-4-14(17)15(12)16(13,18)19/h10-15H,2-9H2,1H3. The monoisotopic (exact) mass is 274 g/mol. The van der Waals surface area contributed by atoms with Crippen molar-refractivity contribution in [3.63, 3.8) is 0 Å². The molecule has 3 rings (SSSR count). The van der Waals surface area contributed by atoms with Crippen LogP contribution in [0, 0.1) is 29.6 Å². The van der Waals surface area contributed by atoms with Crippen molar-refractivity contribution in [2.24, 2.45) is 29.6 Å². The van der Waals surface area contributed by atoms with E-state index in [0.29, 0.717) is 18.8 Å². The van der Waals surface area contributed by atoms with Crippen LogP contribution in [0.25, 0.3) is 0 Å². The number of alkyl halides is 3. The van der Waals surface area contributed by atoms with Crippen LogP contribution in [0.3, 0.4) is 0 Å². The first-order valence-electron chi connectivity index (χ1n) is 8.02. The fraction of sp³-hybridized carbons (Fsp3) is 1.00. The predicted molar refractivity (Wildman–Crippen MR) is 69.9 cm³/mol. The van der Waals surface area contributed by atoms with Crippen LogP contribution in [0.1, 0.15) is 58.3 Å². The third kappa shape index (κ3) is 2.31. The molecule has 0 radical (unpaired) electrons. The normalized spacial score (nSPS) is 49.9. The van der Waals surface area contributed by atoms with Crippen molar-refractivity contribution in [3.8, 4) is 0 Å². The predicted octanol–water partition coefficient (Wildman–Crippen LogP) is 5.22.